The van der Waals surface area contributed by atoms with Gasteiger partial charge in [-0.2, -0.15) is 13.2 Å². The van der Waals surface area contributed by atoms with Gasteiger partial charge in [0.1, 0.15) is 0 Å². The van der Waals surface area contributed by atoms with E-state index in [1.165, 1.54) is 22.3 Å². The van der Waals surface area contributed by atoms with Crippen molar-refractivity contribution in [2.75, 3.05) is 0 Å². The van der Waals surface area contributed by atoms with Crippen molar-refractivity contribution in [3.05, 3.63) is 293 Å². The minimum Gasteiger partial charge on any atom is -0.309 e. The Morgan fingerprint density at radius 3 is 0.924 bits per heavy atom. The first-order valence-electron chi connectivity index (χ1n) is 31.2. The van der Waals surface area contributed by atoms with Crippen molar-refractivity contribution < 1.29 is 13.2 Å². The average Bonchev–Trinajstić information content (AvgIpc) is 1.58. The van der Waals surface area contributed by atoms with Crippen LogP contribution < -0.4 is 0 Å². The third kappa shape index (κ3) is 10.5. The number of alkyl halides is 3. The largest absolute Gasteiger partial charge is 0.419 e. The van der Waals surface area contributed by atoms with E-state index in [1.54, 1.807) is 18.2 Å². The maximum absolute atomic E-state index is 17.0. The number of benzene rings is 12. The summed E-state index contributed by atoms with van der Waals surface area (Å²) in [4.78, 5) is 15.7. The van der Waals surface area contributed by atoms with Crippen LogP contribution in [-0.4, -0.2) is 24.1 Å². The van der Waals surface area contributed by atoms with Gasteiger partial charge in [-0.15, -0.1) is 0 Å². The molecular weight excluding hydrogens is 1140 g/mol. The molecule has 0 atom stereocenters. The normalized spacial score (nSPS) is 11.9. The highest BCUT2D eigenvalue weighted by Gasteiger charge is 2.38. The summed E-state index contributed by atoms with van der Waals surface area (Å²) in [5, 5.41) is 3.73. The summed E-state index contributed by atoms with van der Waals surface area (Å²) in [6, 6.07) is 81.8. The quantitative estimate of drug-likeness (QED) is 0.137. The van der Waals surface area contributed by atoms with Crippen LogP contribution in [0, 0.1) is 55.4 Å². The van der Waals surface area contributed by atoms with Gasteiger partial charge in [0, 0.05) is 38.2 Å². The molecule has 8 heteroatoms. The average molecular weight is 1200 g/mol. The first-order valence-corrected chi connectivity index (χ1v) is 31.2. The molecule has 3 heterocycles. The van der Waals surface area contributed by atoms with Gasteiger partial charge in [-0.05, 0) is 178 Å². The van der Waals surface area contributed by atoms with Crippen molar-refractivity contribution in [1.29, 1.82) is 0 Å². The number of halogens is 3. The number of rotatable bonds is 10. The maximum Gasteiger partial charge on any atom is 0.419 e. The molecule has 0 radical (unpaired) electrons. The first kappa shape index (κ1) is 57.5. The molecule has 12 aromatic carbocycles. The zero-order chi connectivity index (χ0) is 63.3. The third-order valence-corrected chi connectivity index (χ3v) is 17.8. The van der Waals surface area contributed by atoms with E-state index < -0.39 is 11.7 Å². The fourth-order valence-electron chi connectivity index (χ4n) is 14.1. The van der Waals surface area contributed by atoms with Gasteiger partial charge in [0.25, 0.3) is 0 Å². The van der Waals surface area contributed by atoms with Crippen LogP contribution in [0.1, 0.15) is 50.1 Å². The fourth-order valence-corrected chi connectivity index (χ4v) is 14.1. The van der Waals surface area contributed by atoms with Gasteiger partial charge in [0.05, 0.1) is 39.0 Å². The SMILES string of the molecule is Cc1cc(C)cc(-c2ccc3c(c2)c2cc(-c4cc(C)cc(C)c4)ccc2n3-c2ccc(-c3cccc(-n4c5ccc(-c6cc(C)cc(C)c6)cc5c5cc(-c6cc(C)cc(C)c6)ccc54)c3C(F)(F)F)cc2-c2nc(-c3ccccc3)nc(-c3ccccc3)n2)c1. The van der Waals surface area contributed by atoms with Gasteiger partial charge >= 0.3 is 6.18 Å². The lowest BCUT2D eigenvalue weighted by Gasteiger charge is -2.21. The molecule has 0 aliphatic heterocycles. The smallest absolute Gasteiger partial charge is 0.309 e. The van der Waals surface area contributed by atoms with Crippen molar-refractivity contribution in [2.24, 2.45) is 0 Å². The predicted molar refractivity (Wildman–Crippen MR) is 375 cm³/mol. The number of aromatic nitrogens is 5. The highest BCUT2D eigenvalue weighted by atomic mass is 19.4. The molecule has 0 fully saturated rings. The van der Waals surface area contributed by atoms with Crippen LogP contribution in [0.4, 0.5) is 13.2 Å². The minimum atomic E-state index is -4.84. The van der Waals surface area contributed by atoms with Crippen LogP contribution in [-0.2, 0) is 6.18 Å². The molecule has 92 heavy (non-hydrogen) atoms. The van der Waals surface area contributed by atoms with E-state index in [-0.39, 0.29) is 11.3 Å². The van der Waals surface area contributed by atoms with Gasteiger partial charge < -0.3 is 9.13 Å². The van der Waals surface area contributed by atoms with E-state index in [0.29, 0.717) is 45.3 Å². The highest BCUT2D eigenvalue weighted by Crippen LogP contribution is 2.48. The van der Waals surface area contributed by atoms with Gasteiger partial charge in [0.2, 0.25) is 0 Å². The molecule has 0 spiro atoms. The second kappa shape index (κ2) is 22.5. The van der Waals surface area contributed by atoms with Gasteiger partial charge in [-0.1, -0.05) is 220 Å². The molecule has 5 nitrogen and oxygen atoms in total. The molecule has 0 bridgehead atoms. The number of nitrogens with zero attached hydrogens (tertiary/aromatic N) is 5. The number of fused-ring (bicyclic) bond motifs is 6. The molecule has 0 amide bonds. The van der Waals surface area contributed by atoms with Gasteiger partial charge in [0.15, 0.2) is 17.5 Å². The lowest BCUT2D eigenvalue weighted by Crippen LogP contribution is -2.13. The molecule has 0 saturated heterocycles. The third-order valence-electron chi connectivity index (χ3n) is 17.8. The van der Waals surface area contributed by atoms with Crippen LogP contribution in [0.2, 0.25) is 0 Å². The lowest BCUT2D eigenvalue weighted by molar-refractivity contribution is -0.136. The van der Waals surface area contributed by atoms with Gasteiger partial charge in [-0.25, -0.2) is 15.0 Å². The maximum atomic E-state index is 17.0. The molecule has 0 aliphatic rings. The Balaban J connectivity index is 1.00. The van der Waals surface area contributed by atoms with Crippen molar-refractivity contribution in [3.8, 4) is 101 Å². The molecule has 0 saturated carbocycles. The Bertz CT molecular complexity index is 5120. The lowest BCUT2D eigenvalue weighted by atomic mass is 9.94. The second-order valence-corrected chi connectivity index (χ2v) is 25.1. The Labute approximate surface area is 533 Å². The molecule has 0 N–H and O–H groups in total. The summed E-state index contributed by atoms with van der Waals surface area (Å²) >= 11 is 0. The molecule has 3 aromatic heterocycles. The van der Waals surface area contributed by atoms with Crippen LogP contribution >= 0.6 is 0 Å². The molecule has 15 rings (SSSR count). The number of aryl methyl sites for hydroxylation is 8. The second-order valence-electron chi connectivity index (χ2n) is 25.1. The summed E-state index contributed by atoms with van der Waals surface area (Å²) in [7, 11) is 0. The molecular formula is C84H64F3N5. The van der Waals surface area contributed by atoms with Crippen LogP contribution in [0.25, 0.3) is 145 Å². The molecule has 0 unspecified atom stereocenters. The van der Waals surface area contributed by atoms with Crippen LogP contribution in [0.3, 0.4) is 0 Å². The van der Waals surface area contributed by atoms with Crippen LogP contribution in [0.15, 0.2) is 243 Å². The monoisotopic (exact) mass is 1200 g/mol. The summed E-state index contributed by atoms with van der Waals surface area (Å²) in [6.07, 6.45) is -4.84. The molecule has 446 valence electrons. The van der Waals surface area contributed by atoms with Crippen molar-refractivity contribution >= 4 is 43.6 Å². The van der Waals surface area contributed by atoms with E-state index in [2.05, 4.69) is 181 Å². The van der Waals surface area contributed by atoms with E-state index in [0.717, 1.165) is 110 Å². The van der Waals surface area contributed by atoms with Crippen molar-refractivity contribution in [2.45, 2.75) is 61.6 Å². The van der Waals surface area contributed by atoms with Gasteiger partial charge in [-0.3, -0.25) is 0 Å². The Hall–Kier alpha value is -11.0. The summed E-state index contributed by atoms with van der Waals surface area (Å²) < 4.78 is 55.1. The highest BCUT2D eigenvalue weighted by molar-refractivity contribution is 6.13. The summed E-state index contributed by atoms with van der Waals surface area (Å²) in [5.74, 6) is 1.15. The van der Waals surface area contributed by atoms with E-state index in [4.69, 9.17) is 15.0 Å². The number of hydrogen-bond acceptors (Lipinski definition) is 3. The fraction of sp³-hybridized carbons (Fsp3) is 0.107. The van der Waals surface area contributed by atoms with E-state index >= 15 is 13.2 Å². The predicted octanol–water partition coefficient (Wildman–Crippen LogP) is 22.9. The zero-order valence-corrected chi connectivity index (χ0v) is 52.5. The minimum absolute atomic E-state index is 0.00976. The first-order chi connectivity index (χ1) is 44.4. The summed E-state index contributed by atoms with van der Waals surface area (Å²) in [6.45, 7) is 16.8. The Morgan fingerprint density at radius 2 is 0.576 bits per heavy atom. The number of hydrogen-bond donors (Lipinski definition) is 0. The van der Waals surface area contributed by atoms with Crippen molar-refractivity contribution in [1.82, 2.24) is 24.1 Å². The standard InChI is InChI=1S/C84H64F3N5/c1-49-32-50(2)37-64(36-49)59-22-27-74-69(44-59)70-45-60(65-38-51(3)33-52(4)39-65)23-28-75(70)91(74)78-31-26-63(48-73(78)83-89-81(57-16-11-9-12-17-57)88-82(90-83)58-18-13-10-14-19-58)68-20-15-21-79(80(68)84(85,86)87)92-76-29-24-61(66-40-53(5)34-54(6)41-66)46-71(76)72-47-62(25-30-77(72)92)67-42-55(7)35-56(8)43-67/h9-48H,1-8H3. The van der Waals surface area contributed by atoms with E-state index in [9.17, 15) is 0 Å². The Morgan fingerprint density at radius 1 is 0.250 bits per heavy atom. The molecule has 0 aliphatic carbocycles. The van der Waals surface area contributed by atoms with E-state index in [1.807, 2.05) is 108 Å². The Kier molecular flexibility index (Phi) is 14.1. The molecule has 15 aromatic rings. The zero-order valence-electron chi connectivity index (χ0n) is 52.5. The van der Waals surface area contributed by atoms with Crippen LogP contribution in [0.5, 0.6) is 0 Å². The topological polar surface area (TPSA) is 48.5 Å². The van der Waals surface area contributed by atoms with Crippen molar-refractivity contribution in [3.63, 3.8) is 0 Å². The summed E-state index contributed by atoms with van der Waals surface area (Å²) in [5.41, 5.74) is 23.1.